The number of aryl methyl sites for hydroxylation is 1. The van der Waals surface area contributed by atoms with Crippen LogP contribution in [0.1, 0.15) is 65.3 Å². The molecule has 0 atom stereocenters. The van der Waals surface area contributed by atoms with Gasteiger partial charge in [-0.25, -0.2) is 0 Å². The number of nitrogens with zero attached hydrogens (tertiary/aromatic N) is 3. The highest BCUT2D eigenvalue weighted by molar-refractivity contribution is 5.18. The monoisotopic (exact) mass is 256 g/mol. The van der Waals surface area contributed by atoms with Crippen LogP contribution in [-0.4, -0.2) is 12.3 Å². The topological polar surface area (TPSA) is 62.9 Å². The second-order valence-corrected chi connectivity index (χ2v) is 2.98. The minimum absolute atomic E-state index is 0.351. The minimum atomic E-state index is 0.351. The normalized spacial score (nSPS) is 8.28. The molecular weight excluding hydrogens is 230 g/mol. The summed E-state index contributed by atoms with van der Waals surface area (Å²) >= 11 is 0. The van der Waals surface area contributed by atoms with Crippen molar-refractivity contribution in [2.75, 3.05) is 7.11 Å². The highest BCUT2D eigenvalue weighted by Gasteiger charge is 2.24. The third-order valence-corrected chi connectivity index (χ3v) is 1.97. The van der Waals surface area contributed by atoms with E-state index in [0.29, 0.717) is 11.4 Å². The van der Waals surface area contributed by atoms with E-state index in [1.54, 1.807) is 0 Å². The molecular formula is C13H26N3O2+. The van der Waals surface area contributed by atoms with Crippen molar-refractivity contribution in [2.24, 2.45) is 0 Å². The van der Waals surface area contributed by atoms with Crippen molar-refractivity contribution in [3.63, 3.8) is 0 Å². The lowest BCUT2D eigenvalue weighted by atomic mass is 10.1. The van der Waals surface area contributed by atoms with Crippen LogP contribution < -0.4 is 9.74 Å². The predicted octanol–water partition coefficient (Wildman–Crippen LogP) is 2.68. The summed E-state index contributed by atoms with van der Waals surface area (Å²) in [6.45, 7) is 10.1. The molecule has 1 heterocycles. The van der Waals surface area contributed by atoms with Crippen LogP contribution in [0.3, 0.4) is 0 Å². The van der Waals surface area contributed by atoms with Gasteiger partial charge in [-0.3, -0.25) is 0 Å². The SMILES string of the molecule is CC.CC.CCCCCc1no[n+](OC)c1C#N. The third kappa shape index (κ3) is 6.24. The number of hydrogen-bond donors (Lipinski definition) is 0. The molecule has 18 heavy (non-hydrogen) atoms. The quantitative estimate of drug-likeness (QED) is 0.760. The molecule has 0 aliphatic carbocycles. The summed E-state index contributed by atoms with van der Waals surface area (Å²) in [5.74, 6) is 0. The van der Waals surface area contributed by atoms with E-state index in [2.05, 4.69) is 12.1 Å². The van der Waals surface area contributed by atoms with Crippen molar-refractivity contribution in [3.05, 3.63) is 11.4 Å². The van der Waals surface area contributed by atoms with E-state index in [9.17, 15) is 0 Å². The zero-order valence-corrected chi connectivity index (χ0v) is 12.5. The Morgan fingerprint density at radius 1 is 1.28 bits per heavy atom. The molecule has 0 aliphatic rings. The fourth-order valence-electron chi connectivity index (χ4n) is 1.21. The van der Waals surface area contributed by atoms with E-state index < -0.39 is 0 Å². The van der Waals surface area contributed by atoms with Crippen LogP contribution in [0, 0.1) is 11.3 Å². The molecule has 0 bridgehead atoms. The van der Waals surface area contributed by atoms with Gasteiger partial charge in [-0.15, -0.1) is 0 Å². The number of unbranched alkanes of at least 4 members (excludes halogenated alkanes) is 2. The molecule has 0 spiro atoms. The van der Waals surface area contributed by atoms with Gasteiger partial charge in [-0.1, -0.05) is 47.5 Å². The van der Waals surface area contributed by atoms with Crippen molar-refractivity contribution in [3.8, 4) is 6.07 Å². The molecule has 0 aromatic carbocycles. The van der Waals surface area contributed by atoms with E-state index in [4.69, 9.17) is 14.7 Å². The Hall–Kier alpha value is -1.57. The van der Waals surface area contributed by atoms with Crippen molar-refractivity contribution in [1.29, 1.82) is 5.26 Å². The second-order valence-electron chi connectivity index (χ2n) is 2.98. The van der Waals surface area contributed by atoms with Crippen LogP contribution >= 0.6 is 0 Å². The maximum Gasteiger partial charge on any atom is 0.344 e. The first kappa shape index (κ1) is 18.8. The zero-order chi connectivity index (χ0) is 14.4. The first-order chi connectivity index (χ1) is 8.83. The molecule has 0 saturated carbocycles. The largest absolute Gasteiger partial charge is 0.344 e. The average molecular weight is 256 g/mol. The zero-order valence-electron chi connectivity index (χ0n) is 12.5. The van der Waals surface area contributed by atoms with E-state index in [1.165, 1.54) is 7.11 Å². The Morgan fingerprint density at radius 2 is 1.89 bits per heavy atom. The van der Waals surface area contributed by atoms with Crippen LogP contribution in [-0.2, 0) is 6.42 Å². The number of aromatic nitrogens is 2. The summed E-state index contributed by atoms with van der Waals surface area (Å²) in [6.07, 6.45) is 4.05. The molecule has 1 rings (SSSR count). The number of hydrogen-bond acceptors (Lipinski definition) is 4. The van der Waals surface area contributed by atoms with E-state index in [0.717, 1.165) is 30.6 Å². The van der Waals surface area contributed by atoms with Gasteiger partial charge in [-0.2, -0.15) is 5.26 Å². The van der Waals surface area contributed by atoms with Gasteiger partial charge >= 0.3 is 5.69 Å². The van der Waals surface area contributed by atoms with E-state index in [1.807, 2.05) is 33.8 Å². The summed E-state index contributed by atoms with van der Waals surface area (Å²) in [5.41, 5.74) is 1.02. The molecule has 0 radical (unpaired) electrons. The second kappa shape index (κ2) is 13.5. The minimum Gasteiger partial charge on any atom is -0.305 e. The van der Waals surface area contributed by atoms with Crippen molar-refractivity contribution in [2.45, 2.75) is 60.3 Å². The van der Waals surface area contributed by atoms with Gasteiger partial charge in [0.2, 0.25) is 0 Å². The molecule has 1 aromatic rings. The highest BCUT2D eigenvalue weighted by Crippen LogP contribution is 2.05. The molecule has 0 fully saturated rings. The molecule has 5 nitrogen and oxygen atoms in total. The lowest BCUT2D eigenvalue weighted by Crippen LogP contribution is -2.41. The maximum atomic E-state index is 8.82. The maximum absolute atomic E-state index is 8.82. The van der Waals surface area contributed by atoms with Crippen LogP contribution in [0.2, 0.25) is 0 Å². The summed E-state index contributed by atoms with van der Waals surface area (Å²) in [6, 6.07) is 2.00. The fourth-order valence-corrected chi connectivity index (χ4v) is 1.21. The third-order valence-electron chi connectivity index (χ3n) is 1.97. The average Bonchev–Trinajstić information content (AvgIpc) is 2.85. The van der Waals surface area contributed by atoms with Gasteiger partial charge in [0.25, 0.3) is 5.69 Å². The molecule has 0 N–H and O–H groups in total. The molecule has 5 heteroatoms. The summed E-state index contributed by atoms with van der Waals surface area (Å²) in [4.78, 5) is 5.82. The van der Waals surface area contributed by atoms with Gasteiger partial charge in [-0.05, 0) is 11.0 Å². The Balaban J connectivity index is 0. The van der Waals surface area contributed by atoms with Crippen LogP contribution in [0.15, 0.2) is 4.63 Å². The standard InChI is InChI=1S/C9H14N3O2.2C2H6/c1-3-4-5-6-8-9(7-10)12(13-2)14-11-8;2*1-2/h3-6H2,1-2H3;2*1-2H3/q+1;;. The molecule has 1 aromatic heterocycles. The highest BCUT2D eigenvalue weighted by atomic mass is 16.8. The summed E-state index contributed by atoms with van der Waals surface area (Å²) < 4.78 is 4.79. The van der Waals surface area contributed by atoms with Gasteiger partial charge in [0.1, 0.15) is 12.0 Å². The lowest BCUT2D eigenvalue weighted by molar-refractivity contribution is -1.02. The molecule has 0 unspecified atom stereocenters. The van der Waals surface area contributed by atoms with Crippen molar-refractivity contribution in [1.82, 2.24) is 5.16 Å². The van der Waals surface area contributed by atoms with Gasteiger partial charge in [0, 0.05) is 6.42 Å². The Morgan fingerprint density at radius 3 is 2.33 bits per heavy atom. The van der Waals surface area contributed by atoms with Crippen LogP contribution in [0.5, 0.6) is 0 Å². The summed E-state index contributed by atoms with van der Waals surface area (Å²) in [7, 11) is 1.43. The number of nitriles is 1. The van der Waals surface area contributed by atoms with Gasteiger partial charge in [0.05, 0.1) is 0 Å². The summed E-state index contributed by atoms with van der Waals surface area (Å²) in [5, 5.41) is 12.6. The predicted molar refractivity (Wildman–Crippen MR) is 69.8 cm³/mol. The number of rotatable bonds is 5. The smallest absolute Gasteiger partial charge is 0.305 e. The Labute approximate surface area is 110 Å². The molecule has 0 aliphatic heterocycles. The first-order valence-electron chi connectivity index (χ1n) is 6.69. The Kier molecular flexibility index (Phi) is 14.1. The van der Waals surface area contributed by atoms with E-state index >= 15 is 0 Å². The lowest BCUT2D eigenvalue weighted by Gasteiger charge is -1.89. The molecule has 104 valence electrons. The Bertz CT molecular complexity index is 329. The fraction of sp³-hybridized carbons (Fsp3) is 0.769. The van der Waals surface area contributed by atoms with Gasteiger partial charge < -0.3 is 4.84 Å². The van der Waals surface area contributed by atoms with Crippen molar-refractivity contribution >= 4 is 0 Å². The van der Waals surface area contributed by atoms with Crippen LogP contribution in [0.4, 0.5) is 0 Å². The van der Waals surface area contributed by atoms with Crippen LogP contribution in [0.25, 0.3) is 0 Å². The first-order valence-corrected chi connectivity index (χ1v) is 6.69. The molecule has 0 amide bonds. The molecule has 0 saturated heterocycles. The van der Waals surface area contributed by atoms with E-state index in [-0.39, 0.29) is 0 Å². The van der Waals surface area contributed by atoms with Crippen molar-refractivity contribution < 1.29 is 14.4 Å². The van der Waals surface area contributed by atoms with Gasteiger partial charge in [0.15, 0.2) is 11.2 Å².